The van der Waals surface area contributed by atoms with Crippen LogP contribution >= 0.6 is 0 Å². The molecule has 4 rings (SSSR count). The molecule has 0 amide bonds. The van der Waals surface area contributed by atoms with Crippen molar-refractivity contribution in [1.29, 1.82) is 0 Å². The summed E-state index contributed by atoms with van der Waals surface area (Å²) in [5.41, 5.74) is 1.06. The van der Waals surface area contributed by atoms with Gasteiger partial charge in [-0.1, -0.05) is 12.1 Å². The molecule has 0 saturated carbocycles. The Morgan fingerprint density at radius 3 is 2.85 bits per heavy atom. The van der Waals surface area contributed by atoms with E-state index < -0.39 is 10.7 Å². The number of imidazole rings is 1. The number of aromatic nitrogens is 2. The van der Waals surface area contributed by atoms with E-state index >= 15 is 0 Å². The second-order valence-corrected chi connectivity index (χ2v) is 5.42. The zero-order valence-corrected chi connectivity index (χ0v) is 13.3. The molecule has 1 aromatic carbocycles. The SMILES string of the molecule is O=[N+]([O-])c1cccc(C=Nc2c(-c3ccco3)nc3ccccn23)c1O. The van der Waals surface area contributed by atoms with E-state index in [0.717, 1.165) is 0 Å². The van der Waals surface area contributed by atoms with Gasteiger partial charge in [0.2, 0.25) is 5.75 Å². The van der Waals surface area contributed by atoms with Crippen molar-refractivity contribution >= 4 is 23.4 Å². The number of aliphatic imine (C=N–C) groups is 1. The maximum absolute atomic E-state index is 11.0. The summed E-state index contributed by atoms with van der Waals surface area (Å²) in [6, 6.07) is 13.3. The Labute approximate surface area is 146 Å². The molecule has 8 nitrogen and oxygen atoms in total. The fourth-order valence-corrected chi connectivity index (χ4v) is 2.62. The summed E-state index contributed by atoms with van der Waals surface area (Å²) >= 11 is 0. The molecule has 0 spiro atoms. The minimum atomic E-state index is -0.644. The number of phenols is 1. The van der Waals surface area contributed by atoms with Crippen molar-refractivity contribution in [3.63, 3.8) is 0 Å². The molecule has 0 saturated heterocycles. The molecule has 3 aromatic heterocycles. The van der Waals surface area contributed by atoms with Gasteiger partial charge in [0.15, 0.2) is 17.3 Å². The minimum absolute atomic E-state index is 0.232. The Morgan fingerprint density at radius 1 is 1.19 bits per heavy atom. The molecule has 0 aliphatic carbocycles. The molecule has 0 atom stereocenters. The van der Waals surface area contributed by atoms with E-state index in [-0.39, 0.29) is 11.3 Å². The number of aromatic hydroxyl groups is 1. The highest BCUT2D eigenvalue weighted by Gasteiger charge is 2.17. The Kier molecular flexibility index (Phi) is 3.70. The number of nitro benzene ring substituents is 1. The van der Waals surface area contributed by atoms with E-state index in [1.54, 1.807) is 35.1 Å². The first kappa shape index (κ1) is 15.6. The van der Waals surface area contributed by atoms with Gasteiger partial charge in [-0.15, -0.1) is 0 Å². The number of nitrogens with zero attached hydrogens (tertiary/aromatic N) is 4. The number of hydrogen-bond acceptors (Lipinski definition) is 6. The summed E-state index contributed by atoms with van der Waals surface area (Å²) in [5.74, 6) is 0.597. The van der Waals surface area contributed by atoms with Crippen molar-refractivity contribution in [3.8, 4) is 17.2 Å². The maximum atomic E-state index is 11.0. The highest BCUT2D eigenvalue weighted by molar-refractivity contribution is 5.88. The first-order valence-corrected chi connectivity index (χ1v) is 7.66. The van der Waals surface area contributed by atoms with Gasteiger partial charge in [-0.25, -0.2) is 9.98 Å². The predicted molar refractivity (Wildman–Crippen MR) is 94.9 cm³/mol. The van der Waals surface area contributed by atoms with Crippen LogP contribution in [-0.4, -0.2) is 25.6 Å². The smallest absolute Gasteiger partial charge is 0.311 e. The van der Waals surface area contributed by atoms with Crippen LogP contribution in [0.4, 0.5) is 11.5 Å². The van der Waals surface area contributed by atoms with Crippen LogP contribution in [0.5, 0.6) is 5.75 Å². The van der Waals surface area contributed by atoms with E-state index in [9.17, 15) is 15.2 Å². The number of nitro groups is 1. The summed E-state index contributed by atoms with van der Waals surface area (Å²) in [5, 5.41) is 21.0. The lowest BCUT2D eigenvalue weighted by atomic mass is 10.2. The third-order valence-corrected chi connectivity index (χ3v) is 3.83. The molecule has 0 fully saturated rings. The van der Waals surface area contributed by atoms with Crippen LogP contribution in [0.3, 0.4) is 0 Å². The molecule has 0 unspecified atom stereocenters. The predicted octanol–water partition coefficient (Wildman–Crippen LogP) is 3.96. The van der Waals surface area contributed by atoms with Crippen LogP contribution < -0.4 is 0 Å². The molecule has 4 aromatic rings. The Bertz CT molecular complexity index is 1130. The van der Waals surface area contributed by atoms with Gasteiger partial charge in [0.25, 0.3) is 0 Å². The fraction of sp³-hybridized carbons (Fsp3) is 0. The van der Waals surface area contributed by atoms with Crippen molar-refractivity contribution in [2.24, 2.45) is 4.99 Å². The number of pyridine rings is 1. The van der Waals surface area contributed by atoms with Gasteiger partial charge in [-0.2, -0.15) is 0 Å². The standard InChI is InChI=1S/C18H12N4O4/c23-17-12(5-3-6-13(17)22(24)25)11-19-18-16(14-7-4-10-26-14)20-15-8-1-2-9-21(15)18/h1-11,23H. The summed E-state index contributed by atoms with van der Waals surface area (Å²) < 4.78 is 7.19. The number of para-hydroxylation sites is 1. The molecule has 26 heavy (non-hydrogen) atoms. The molecule has 0 bridgehead atoms. The monoisotopic (exact) mass is 348 g/mol. The lowest BCUT2D eigenvalue weighted by Crippen LogP contribution is -1.92. The third kappa shape index (κ3) is 2.59. The van der Waals surface area contributed by atoms with E-state index in [4.69, 9.17) is 4.42 Å². The van der Waals surface area contributed by atoms with Gasteiger partial charge in [-0.05, 0) is 30.3 Å². The van der Waals surface area contributed by atoms with Crippen LogP contribution in [0.2, 0.25) is 0 Å². The molecule has 3 heterocycles. The van der Waals surface area contributed by atoms with Crippen molar-refractivity contribution in [3.05, 3.63) is 76.7 Å². The highest BCUT2D eigenvalue weighted by atomic mass is 16.6. The largest absolute Gasteiger partial charge is 0.502 e. The molecule has 128 valence electrons. The summed E-state index contributed by atoms with van der Waals surface area (Å²) in [6.45, 7) is 0. The first-order chi connectivity index (χ1) is 12.6. The zero-order valence-electron chi connectivity index (χ0n) is 13.3. The van der Waals surface area contributed by atoms with Crippen LogP contribution in [0.1, 0.15) is 5.56 Å². The Morgan fingerprint density at radius 2 is 2.08 bits per heavy atom. The zero-order chi connectivity index (χ0) is 18.1. The van der Waals surface area contributed by atoms with E-state index in [2.05, 4.69) is 9.98 Å². The lowest BCUT2D eigenvalue weighted by molar-refractivity contribution is -0.385. The average molecular weight is 348 g/mol. The van der Waals surface area contributed by atoms with Gasteiger partial charge in [0, 0.05) is 24.0 Å². The topological polar surface area (TPSA) is 106 Å². The number of fused-ring (bicyclic) bond motifs is 1. The molecule has 0 aliphatic heterocycles. The van der Waals surface area contributed by atoms with Crippen molar-refractivity contribution in [1.82, 2.24) is 9.38 Å². The number of hydrogen-bond donors (Lipinski definition) is 1. The number of rotatable bonds is 4. The minimum Gasteiger partial charge on any atom is -0.502 e. The van der Waals surface area contributed by atoms with Crippen molar-refractivity contribution < 1.29 is 14.4 Å². The normalized spacial score (nSPS) is 11.4. The van der Waals surface area contributed by atoms with E-state index in [0.29, 0.717) is 22.9 Å². The molecular formula is C18H12N4O4. The molecular weight excluding hydrogens is 336 g/mol. The summed E-state index contributed by atoms with van der Waals surface area (Å²) in [6.07, 6.45) is 4.71. The second kappa shape index (κ2) is 6.17. The second-order valence-electron chi connectivity index (χ2n) is 5.42. The Hall–Kier alpha value is -3.94. The number of benzene rings is 1. The quantitative estimate of drug-likeness (QED) is 0.341. The van der Waals surface area contributed by atoms with E-state index in [1.165, 1.54) is 18.3 Å². The first-order valence-electron chi connectivity index (χ1n) is 7.66. The van der Waals surface area contributed by atoms with Gasteiger partial charge in [0.1, 0.15) is 5.65 Å². The molecule has 1 N–H and O–H groups in total. The highest BCUT2D eigenvalue weighted by Crippen LogP contribution is 2.32. The average Bonchev–Trinajstić information content (AvgIpc) is 3.28. The van der Waals surface area contributed by atoms with Crippen molar-refractivity contribution in [2.75, 3.05) is 0 Å². The van der Waals surface area contributed by atoms with Gasteiger partial charge >= 0.3 is 5.69 Å². The van der Waals surface area contributed by atoms with E-state index in [1.807, 2.05) is 18.2 Å². The number of furan rings is 1. The van der Waals surface area contributed by atoms with Crippen LogP contribution in [0.25, 0.3) is 17.1 Å². The van der Waals surface area contributed by atoms with Crippen LogP contribution in [-0.2, 0) is 0 Å². The van der Waals surface area contributed by atoms with Crippen LogP contribution in [0.15, 0.2) is 70.4 Å². The molecule has 0 aliphatic rings. The van der Waals surface area contributed by atoms with Crippen LogP contribution in [0, 0.1) is 10.1 Å². The summed E-state index contributed by atoms with van der Waals surface area (Å²) in [4.78, 5) is 19.3. The number of phenolic OH excluding ortho intramolecular Hbond substituents is 1. The maximum Gasteiger partial charge on any atom is 0.311 e. The summed E-state index contributed by atoms with van der Waals surface area (Å²) in [7, 11) is 0. The van der Waals surface area contributed by atoms with Gasteiger partial charge in [-0.3, -0.25) is 14.5 Å². The third-order valence-electron chi connectivity index (χ3n) is 3.83. The molecule has 0 radical (unpaired) electrons. The van der Waals surface area contributed by atoms with Crippen molar-refractivity contribution in [2.45, 2.75) is 0 Å². The fourth-order valence-electron chi connectivity index (χ4n) is 2.62. The van der Waals surface area contributed by atoms with Gasteiger partial charge in [0.05, 0.1) is 11.2 Å². The van der Waals surface area contributed by atoms with Gasteiger partial charge < -0.3 is 9.52 Å². The lowest BCUT2D eigenvalue weighted by Gasteiger charge is -2.00. The Balaban J connectivity index is 1.85. The molecule has 8 heteroatoms.